The molecule has 1 fully saturated rings. The third-order valence-corrected chi connectivity index (χ3v) is 3.87. The SMILES string of the molecule is CC1(C)CCC(OC(=O)c2cc(F)c(F)cc2N)CC1. The molecule has 0 radical (unpaired) electrons. The number of carbonyl (C=O) groups excluding carboxylic acids is 1. The van der Waals surface area contributed by atoms with Gasteiger partial charge in [0.05, 0.1) is 5.56 Å². The van der Waals surface area contributed by atoms with Gasteiger partial charge in [0, 0.05) is 11.8 Å². The first-order valence-corrected chi connectivity index (χ1v) is 6.74. The van der Waals surface area contributed by atoms with Crippen LogP contribution in [0.1, 0.15) is 49.9 Å². The topological polar surface area (TPSA) is 52.3 Å². The average Bonchev–Trinajstić information content (AvgIpc) is 2.36. The summed E-state index contributed by atoms with van der Waals surface area (Å²) in [5.74, 6) is -2.86. The molecule has 5 heteroatoms. The summed E-state index contributed by atoms with van der Waals surface area (Å²) in [5, 5.41) is 0. The van der Waals surface area contributed by atoms with Crippen LogP contribution in [0.2, 0.25) is 0 Å². The van der Waals surface area contributed by atoms with E-state index in [9.17, 15) is 13.6 Å². The van der Waals surface area contributed by atoms with Gasteiger partial charge in [-0.25, -0.2) is 13.6 Å². The highest BCUT2D eigenvalue weighted by Gasteiger charge is 2.29. The second kappa shape index (κ2) is 5.38. The maximum absolute atomic E-state index is 13.2. The first-order valence-electron chi connectivity index (χ1n) is 6.74. The Morgan fingerprint density at radius 1 is 1.25 bits per heavy atom. The van der Waals surface area contributed by atoms with Crippen LogP contribution < -0.4 is 5.73 Å². The van der Waals surface area contributed by atoms with Crippen LogP contribution in [0.4, 0.5) is 14.5 Å². The Morgan fingerprint density at radius 2 is 1.80 bits per heavy atom. The minimum Gasteiger partial charge on any atom is -0.459 e. The molecule has 3 nitrogen and oxygen atoms in total. The number of benzene rings is 1. The number of nitrogens with two attached hydrogens (primary N) is 1. The quantitative estimate of drug-likeness (QED) is 0.665. The zero-order valence-electron chi connectivity index (χ0n) is 11.7. The summed E-state index contributed by atoms with van der Waals surface area (Å²) < 4.78 is 31.5. The van der Waals surface area contributed by atoms with Crippen LogP contribution in [0, 0.1) is 17.0 Å². The standard InChI is InChI=1S/C15H19F2NO2/c1-15(2)5-3-9(4-6-15)20-14(19)10-7-11(16)12(17)8-13(10)18/h7-9H,3-6,18H2,1-2H3. The number of esters is 1. The zero-order valence-corrected chi connectivity index (χ0v) is 11.7. The minimum atomic E-state index is -1.10. The van der Waals surface area contributed by atoms with Gasteiger partial charge in [-0.2, -0.15) is 0 Å². The fourth-order valence-corrected chi connectivity index (χ4v) is 2.44. The summed E-state index contributed by atoms with van der Waals surface area (Å²) in [6.45, 7) is 4.36. The lowest BCUT2D eigenvalue weighted by atomic mass is 9.76. The molecule has 0 amide bonds. The molecule has 1 saturated carbocycles. The highest BCUT2D eigenvalue weighted by atomic mass is 19.2. The lowest BCUT2D eigenvalue weighted by Gasteiger charge is -2.33. The van der Waals surface area contributed by atoms with Gasteiger partial charge in [-0.3, -0.25) is 0 Å². The van der Waals surface area contributed by atoms with Crippen LogP contribution >= 0.6 is 0 Å². The Balaban J connectivity index is 2.04. The molecular weight excluding hydrogens is 264 g/mol. The molecule has 110 valence electrons. The molecule has 0 bridgehead atoms. The van der Waals surface area contributed by atoms with Crippen molar-refractivity contribution in [3.8, 4) is 0 Å². The molecule has 1 aliphatic carbocycles. The summed E-state index contributed by atoms with van der Waals surface area (Å²) in [6.07, 6.45) is 3.32. The van der Waals surface area contributed by atoms with Gasteiger partial charge in [0.2, 0.25) is 0 Å². The van der Waals surface area contributed by atoms with Crippen molar-refractivity contribution in [1.29, 1.82) is 0 Å². The van der Waals surface area contributed by atoms with Crippen molar-refractivity contribution in [1.82, 2.24) is 0 Å². The summed E-state index contributed by atoms with van der Waals surface area (Å²) in [4.78, 5) is 12.0. The van der Waals surface area contributed by atoms with Crippen LogP contribution in [-0.4, -0.2) is 12.1 Å². The minimum absolute atomic E-state index is 0.106. The van der Waals surface area contributed by atoms with Crippen molar-refractivity contribution in [3.63, 3.8) is 0 Å². The highest BCUT2D eigenvalue weighted by Crippen LogP contribution is 2.36. The lowest BCUT2D eigenvalue weighted by molar-refractivity contribution is 0.00957. The Kier molecular flexibility index (Phi) is 3.97. The molecule has 0 aromatic heterocycles. The maximum atomic E-state index is 13.2. The second-order valence-electron chi connectivity index (χ2n) is 6.12. The molecule has 0 saturated heterocycles. The molecule has 1 aromatic rings. The van der Waals surface area contributed by atoms with Gasteiger partial charge >= 0.3 is 5.97 Å². The van der Waals surface area contributed by atoms with E-state index in [1.165, 1.54) is 0 Å². The Bertz CT molecular complexity index is 519. The van der Waals surface area contributed by atoms with E-state index in [1.807, 2.05) is 0 Å². The normalized spacial score (nSPS) is 18.8. The van der Waals surface area contributed by atoms with Gasteiger partial charge in [0.1, 0.15) is 6.10 Å². The fraction of sp³-hybridized carbons (Fsp3) is 0.533. The van der Waals surface area contributed by atoms with E-state index in [-0.39, 0.29) is 22.8 Å². The van der Waals surface area contributed by atoms with Gasteiger partial charge in [-0.15, -0.1) is 0 Å². The monoisotopic (exact) mass is 283 g/mol. The predicted octanol–water partition coefficient (Wildman–Crippen LogP) is 3.67. The fourth-order valence-electron chi connectivity index (χ4n) is 2.44. The number of hydrogen-bond acceptors (Lipinski definition) is 3. The third-order valence-electron chi connectivity index (χ3n) is 3.87. The van der Waals surface area contributed by atoms with Crippen molar-refractivity contribution in [2.24, 2.45) is 5.41 Å². The first-order chi connectivity index (χ1) is 9.28. The van der Waals surface area contributed by atoms with E-state index >= 15 is 0 Å². The highest BCUT2D eigenvalue weighted by molar-refractivity contribution is 5.95. The van der Waals surface area contributed by atoms with Crippen LogP contribution in [0.25, 0.3) is 0 Å². The van der Waals surface area contributed by atoms with E-state index < -0.39 is 17.6 Å². The lowest BCUT2D eigenvalue weighted by Crippen LogP contribution is -2.28. The molecule has 2 N–H and O–H groups in total. The second-order valence-corrected chi connectivity index (χ2v) is 6.12. The Morgan fingerprint density at radius 3 is 2.40 bits per heavy atom. The summed E-state index contributed by atoms with van der Waals surface area (Å²) in [6, 6.07) is 1.59. The van der Waals surface area contributed by atoms with Crippen molar-refractivity contribution in [2.75, 3.05) is 5.73 Å². The molecule has 0 atom stereocenters. The van der Waals surface area contributed by atoms with Gasteiger partial charge in [-0.05, 0) is 37.2 Å². The molecule has 2 rings (SSSR count). The summed E-state index contributed by atoms with van der Waals surface area (Å²) >= 11 is 0. The molecule has 0 heterocycles. The van der Waals surface area contributed by atoms with Crippen LogP contribution in [0.3, 0.4) is 0 Å². The van der Waals surface area contributed by atoms with Crippen molar-refractivity contribution >= 4 is 11.7 Å². The molecule has 0 unspecified atom stereocenters. The number of rotatable bonds is 2. The van der Waals surface area contributed by atoms with Gasteiger partial charge in [-0.1, -0.05) is 13.8 Å². The van der Waals surface area contributed by atoms with Gasteiger partial charge in [0.15, 0.2) is 11.6 Å². The van der Waals surface area contributed by atoms with E-state index in [4.69, 9.17) is 10.5 Å². The largest absolute Gasteiger partial charge is 0.459 e. The smallest absolute Gasteiger partial charge is 0.340 e. The number of anilines is 1. The van der Waals surface area contributed by atoms with Crippen LogP contribution in [0.15, 0.2) is 12.1 Å². The van der Waals surface area contributed by atoms with E-state index in [0.717, 1.165) is 37.8 Å². The van der Waals surface area contributed by atoms with Crippen molar-refractivity contribution in [2.45, 2.75) is 45.6 Å². The molecule has 0 spiro atoms. The summed E-state index contributed by atoms with van der Waals surface area (Å²) in [5.41, 5.74) is 5.58. The van der Waals surface area contributed by atoms with Crippen LogP contribution in [-0.2, 0) is 4.74 Å². The Labute approximate surface area is 117 Å². The molecule has 1 aliphatic rings. The number of ether oxygens (including phenoxy) is 1. The average molecular weight is 283 g/mol. The zero-order chi connectivity index (χ0) is 14.9. The molecule has 0 aliphatic heterocycles. The molecular formula is C15H19F2NO2. The number of hydrogen-bond donors (Lipinski definition) is 1. The molecule has 1 aromatic carbocycles. The van der Waals surface area contributed by atoms with Crippen molar-refractivity contribution in [3.05, 3.63) is 29.3 Å². The van der Waals surface area contributed by atoms with E-state index in [1.54, 1.807) is 0 Å². The number of carbonyl (C=O) groups is 1. The van der Waals surface area contributed by atoms with E-state index in [2.05, 4.69) is 13.8 Å². The van der Waals surface area contributed by atoms with Gasteiger partial charge in [0.25, 0.3) is 0 Å². The number of halogens is 2. The number of nitrogen functional groups attached to an aromatic ring is 1. The first kappa shape index (κ1) is 14.8. The maximum Gasteiger partial charge on any atom is 0.340 e. The molecule has 20 heavy (non-hydrogen) atoms. The van der Waals surface area contributed by atoms with Gasteiger partial charge < -0.3 is 10.5 Å². The summed E-state index contributed by atoms with van der Waals surface area (Å²) in [7, 11) is 0. The third kappa shape index (κ3) is 3.26. The van der Waals surface area contributed by atoms with Crippen molar-refractivity contribution < 1.29 is 18.3 Å². The van der Waals surface area contributed by atoms with E-state index in [0.29, 0.717) is 0 Å². The Hall–Kier alpha value is -1.65. The van der Waals surface area contributed by atoms with Crippen LogP contribution in [0.5, 0.6) is 0 Å². The predicted molar refractivity (Wildman–Crippen MR) is 72.2 cm³/mol.